The molecule has 2 heterocycles. The third-order valence-corrected chi connectivity index (χ3v) is 12.0. The highest BCUT2D eigenvalue weighted by atomic mass is 15.1. The molecule has 0 fully saturated rings. The van der Waals surface area contributed by atoms with Crippen LogP contribution < -0.4 is 0 Å². The van der Waals surface area contributed by atoms with E-state index in [9.17, 15) is 0 Å². The van der Waals surface area contributed by atoms with E-state index in [1.165, 1.54) is 48.8 Å². The normalized spacial score (nSPS) is 11.6. The summed E-state index contributed by atoms with van der Waals surface area (Å²) >= 11 is 0. The van der Waals surface area contributed by atoms with Crippen LogP contribution in [0.5, 0.6) is 0 Å². The van der Waals surface area contributed by atoms with E-state index in [1.54, 1.807) is 0 Å². The standard InChI is InChI=1S/C57H36N4/c1-5-19-37(20-6-1)41-33-47(38-21-7-2-8-22-38)54-50(34-41)46-31-17-18-32-52(46)61(54)53-36-49-45-30-16-14-28-43(45)42-27-13-15-29-44(42)48(49)35-51(53)57-59-55(39-23-9-3-10-24-39)58-56(60-57)40-25-11-4-12-26-40/h1-36H. The monoisotopic (exact) mass is 776 g/mol. The van der Waals surface area contributed by atoms with Gasteiger partial charge in [-0.1, -0.05) is 188 Å². The van der Waals surface area contributed by atoms with Gasteiger partial charge in [0.15, 0.2) is 17.5 Å². The summed E-state index contributed by atoms with van der Waals surface area (Å²) in [4.78, 5) is 15.9. The highest BCUT2D eigenvalue weighted by Crippen LogP contribution is 2.45. The second-order valence-electron chi connectivity index (χ2n) is 15.5. The van der Waals surface area contributed by atoms with Crippen molar-refractivity contribution in [1.82, 2.24) is 19.5 Å². The summed E-state index contributed by atoms with van der Waals surface area (Å²) < 4.78 is 2.47. The van der Waals surface area contributed by atoms with Gasteiger partial charge in [-0.3, -0.25) is 0 Å². The van der Waals surface area contributed by atoms with Gasteiger partial charge in [-0.2, -0.15) is 0 Å². The summed E-state index contributed by atoms with van der Waals surface area (Å²) in [5.74, 6) is 1.85. The molecule has 0 radical (unpaired) electrons. The van der Waals surface area contributed by atoms with Crippen LogP contribution in [0.15, 0.2) is 218 Å². The third kappa shape index (κ3) is 5.80. The van der Waals surface area contributed by atoms with Crippen molar-refractivity contribution in [1.29, 1.82) is 0 Å². The van der Waals surface area contributed by atoms with Gasteiger partial charge in [0, 0.05) is 33.0 Å². The Labute approximate surface area is 352 Å². The zero-order valence-electron chi connectivity index (χ0n) is 33.1. The van der Waals surface area contributed by atoms with Crippen LogP contribution in [0, 0.1) is 0 Å². The van der Waals surface area contributed by atoms with E-state index in [0.717, 1.165) is 49.9 Å². The van der Waals surface area contributed by atoms with E-state index in [2.05, 4.69) is 187 Å². The van der Waals surface area contributed by atoms with Crippen LogP contribution in [-0.2, 0) is 0 Å². The van der Waals surface area contributed by atoms with Gasteiger partial charge in [0.2, 0.25) is 0 Å². The van der Waals surface area contributed by atoms with Gasteiger partial charge >= 0.3 is 0 Å². The summed E-state index contributed by atoms with van der Waals surface area (Å²) in [6.45, 7) is 0. The molecule has 0 unspecified atom stereocenters. The lowest BCUT2D eigenvalue weighted by molar-refractivity contribution is 1.07. The van der Waals surface area contributed by atoms with Crippen LogP contribution in [0.4, 0.5) is 0 Å². The van der Waals surface area contributed by atoms with Crippen LogP contribution in [0.2, 0.25) is 0 Å². The SMILES string of the molecule is c1ccc(-c2cc(-c3ccccc3)c3c(c2)c2ccccc2n3-c2cc3c4ccccc4c4ccccc4c3cc2-c2nc(-c3ccccc3)nc(-c3ccccc3)n2)cc1. The van der Waals surface area contributed by atoms with E-state index < -0.39 is 0 Å². The minimum Gasteiger partial charge on any atom is -0.308 e. The topological polar surface area (TPSA) is 43.6 Å². The maximum Gasteiger partial charge on any atom is 0.166 e. The Morgan fingerprint density at radius 3 is 1.25 bits per heavy atom. The van der Waals surface area contributed by atoms with Gasteiger partial charge in [0.05, 0.1) is 16.7 Å². The minimum absolute atomic E-state index is 0.606. The van der Waals surface area contributed by atoms with Crippen molar-refractivity contribution in [3.63, 3.8) is 0 Å². The quantitative estimate of drug-likeness (QED) is 0.158. The van der Waals surface area contributed by atoms with Gasteiger partial charge in [-0.25, -0.2) is 15.0 Å². The lowest BCUT2D eigenvalue weighted by Gasteiger charge is -2.19. The minimum atomic E-state index is 0.606. The van der Waals surface area contributed by atoms with E-state index in [4.69, 9.17) is 15.0 Å². The fraction of sp³-hybridized carbons (Fsp3) is 0. The van der Waals surface area contributed by atoms with E-state index in [0.29, 0.717) is 17.5 Å². The van der Waals surface area contributed by atoms with Crippen molar-refractivity contribution < 1.29 is 0 Å². The molecule has 0 amide bonds. The molecule has 0 atom stereocenters. The molecule has 0 aliphatic heterocycles. The lowest BCUT2D eigenvalue weighted by Crippen LogP contribution is -2.04. The first kappa shape index (κ1) is 34.8. The van der Waals surface area contributed by atoms with E-state index >= 15 is 0 Å². The Morgan fingerprint density at radius 2 is 0.689 bits per heavy atom. The zero-order chi connectivity index (χ0) is 40.3. The molecule has 0 N–H and O–H groups in total. The molecule has 4 nitrogen and oxygen atoms in total. The fourth-order valence-electron chi connectivity index (χ4n) is 9.22. The summed E-state index contributed by atoms with van der Waals surface area (Å²) in [6.07, 6.45) is 0. The summed E-state index contributed by atoms with van der Waals surface area (Å²) in [5, 5.41) is 9.49. The first-order valence-corrected chi connectivity index (χ1v) is 20.7. The first-order chi connectivity index (χ1) is 30.3. The number of nitrogens with zero attached hydrogens (tertiary/aromatic N) is 4. The second kappa shape index (κ2) is 14.3. The second-order valence-corrected chi connectivity index (χ2v) is 15.5. The third-order valence-electron chi connectivity index (χ3n) is 12.0. The van der Waals surface area contributed by atoms with E-state index in [-0.39, 0.29) is 0 Å². The Bertz CT molecular complexity index is 3560. The molecule has 0 saturated heterocycles. The smallest absolute Gasteiger partial charge is 0.166 e. The zero-order valence-corrected chi connectivity index (χ0v) is 33.1. The van der Waals surface area contributed by atoms with Crippen molar-refractivity contribution >= 4 is 54.1 Å². The number of benzene rings is 10. The average molecular weight is 777 g/mol. The Balaban J connectivity index is 1.28. The van der Waals surface area contributed by atoms with Crippen molar-refractivity contribution in [3.05, 3.63) is 218 Å². The highest BCUT2D eigenvalue weighted by molar-refractivity contribution is 6.26. The Hall–Kier alpha value is -8.21. The van der Waals surface area contributed by atoms with Crippen LogP contribution in [-0.4, -0.2) is 19.5 Å². The number of para-hydroxylation sites is 1. The molecule has 4 heteroatoms. The Kier molecular flexibility index (Phi) is 8.13. The first-order valence-electron chi connectivity index (χ1n) is 20.7. The molecule has 61 heavy (non-hydrogen) atoms. The number of rotatable bonds is 6. The molecule has 12 rings (SSSR count). The molecular formula is C57H36N4. The Morgan fingerprint density at radius 1 is 0.262 bits per heavy atom. The summed E-state index contributed by atoms with van der Waals surface area (Å²) in [5.41, 5.74) is 10.6. The van der Waals surface area contributed by atoms with Crippen LogP contribution in [0.1, 0.15) is 0 Å². The van der Waals surface area contributed by atoms with Crippen molar-refractivity contribution in [2.45, 2.75) is 0 Å². The van der Waals surface area contributed by atoms with Crippen LogP contribution >= 0.6 is 0 Å². The number of aromatic nitrogens is 4. The number of hydrogen-bond donors (Lipinski definition) is 0. The maximum absolute atomic E-state index is 5.38. The molecule has 0 aliphatic rings. The summed E-state index contributed by atoms with van der Waals surface area (Å²) in [6, 6.07) is 77.7. The maximum atomic E-state index is 5.38. The van der Waals surface area contributed by atoms with Gasteiger partial charge < -0.3 is 4.57 Å². The largest absolute Gasteiger partial charge is 0.308 e. The molecule has 284 valence electrons. The van der Waals surface area contributed by atoms with Crippen molar-refractivity contribution in [2.75, 3.05) is 0 Å². The molecule has 10 aromatic carbocycles. The van der Waals surface area contributed by atoms with Crippen LogP contribution in [0.25, 0.3) is 116 Å². The molecule has 0 aliphatic carbocycles. The molecule has 12 aromatic rings. The van der Waals surface area contributed by atoms with Gasteiger partial charge in [0.25, 0.3) is 0 Å². The molecule has 0 saturated carbocycles. The summed E-state index contributed by atoms with van der Waals surface area (Å²) in [7, 11) is 0. The van der Waals surface area contributed by atoms with Gasteiger partial charge in [-0.15, -0.1) is 0 Å². The average Bonchev–Trinajstić information content (AvgIpc) is 3.68. The fourth-order valence-corrected chi connectivity index (χ4v) is 9.22. The predicted molar refractivity (Wildman–Crippen MR) is 254 cm³/mol. The van der Waals surface area contributed by atoms with E-state index in [1.807, 2.05) is 36.4 Å². The van der Waals surface area contributed by atoms with Crippen molar-refractivity contribution in [3.8, 4) is 62.1 Å². The molecule has 2 aromatic heterocycles. The highest BCUT2D eigenvalue weighted by Gasteiger charge is 2.24. The van der Waals surface area contributed by atoms with Gasteiger partial charge in [-0.05, 0) is 79.3 Å². The molecular weight excluding hydrogens is 741 g/mol. The number of fused-ring (bicyclic) bond motifs is 9. The molecule has 0 spiro atoms. The number of hydrogen-bond acceptors (Lipinski definition) is 3. The van der Waals surface area contributed by atoms with Crippen molar-refractivity contribution in [2.24, 2.45) is 0 Å². The lowest BCUT2D eigenvalue weighted by atomic mass is 9.92. The van der Waals surface area contributed by atoms with Crippen LogP contribution in [0.3, 0.4) is 0 Å². The molecule has 0 bridgehead atoms. The predicted octanol–water partition coefficient (Wildman–Crippen LogP) is 14.8. The van der Waals surface area contributed by atoms with Gasteiger partial charge in [0.1, 0.15) is 0 Å².